The second kappa shape index (κ2) is 7.12. The van der Waals surface area contributed by atoms with E-state index in [-0.39, 0.29) is 6.10 Å². The van der Waals surface area contributed by atoms with Crippen molar-refractivity contribution in [3.8, 4) is 5.75 Å². The van der Waals surface area contributed by atoms with Gasteiger partial charge in [0.05, 0.1) is 5.71 Å². The summed E-state index contributed by atoms with van der Waals surface area (Å²) in [7, 11) is 0. The van der Waals surface area contributed by atoms with Crippen molar-refractivity contribution in [3.63, 3.8) is 0 Å². The number of oxime groups is 1. The van der Waals surface area contributed by atoms with Crippen LogP contribution in [-0.2, 0) is 17.7 Å². The molecule has 1 aliphatic rings. The van der Waals surface area contributed by atoms with Crippen molar-refractivity contribution in [2.24, 2.45) is 5.16 Å². The van der Waals surface area contributed by atoms with Gasteiger partial charge in [-0.15, -0.1) is 0 Å². The summed E-state index contributed by atoms with van der Waals surface area (Å²) in [5, 5.41) is 13.7. The highest BCUT2D eigenvalue weighted by Crippen LogP contribution is 2.20. The molecule has 22 heavy (non-hydrogen) atoms. The Balaban J connectivity index is 1.42. The van der Waals surface area contributed by atoms with Crippen molar-refractivity contribution in [2.75, 3.05) is 0 Å². The molecule has 1 N–H and O–H groups in total. The van der Waals surface area contributed by atoms with E-state index in [1.165, 1.54) is 5.56 Å². The molecule has 0 aliphatic carbocycles. The highest BCUT2D eigenvalue weighted by atomic mass is 16.6. The number of phenolic OH excluding ortho intramolecular Hbond substituents is 1. The number of phenols is 1. The number of hydrogen-bond acceptors (Lipinski definition) is 3. The minimum absolute atomic E-state index is 0.208. The van der Waals surface area contributed by atoms with Crippen LogP contribution in [0.4, 0.5) is 0 Å². The minimum Gasteiger partial charge on any atom is -0.508 e. The molecule has 1 unspecified atom stereocenters. The average Bonchev–Trinajstić information content (AvgIpc) is 3.00. The first-order chi connectivity index (χ1) is 10.8. The molecule has 0 bridgehead atoms. The second-order valence-electron chi connectivity index (χ2n) is 5.78. The zero-order valence-corrected chi connectivity index (χ0v) is 12.6. The zero-order chi connectivity index (χ0) is 15.2. The van der Waals surface area contributed by atoms with E-state index in [1.807, 2.05) is 24.3 Å². The van der Waals surface area contributed by atoms with Crippen LogP contribution < -0.4 is 0 Å². The van der Waals surface area contributed by atoms with Gasteiger partial charge >= 0.3 is 0 Å². The standard InChI is InChI=1S/C19H21NO2/c21-18-8-4-7-16(13-18)9-11-17-14-19(22-20-17)12-10-15-5-2-1-3-6-15/h1-8,13,19,21H,9-12,14H2. The predicted octanol–water partition coefficient (Wildman–Crippen LogP) is 4.10. The van der Waals surface area contributed by atoms with Crippen molar-refractivity contribution in [3.05, 3.63) is 65.7 Å². The van der Waals surface area contributed by atoms with Crippen molar-refractivity contribution in [2.45, 2.75) is 38.2 Å². The first kappa shape index (κ1) is 14.6. The summed E-state index contributed by atoms with van der Waals surface area (Å²) in [6, 6.07) is 17.9. The average molecular weight is 295 g/mol. The third-order valence-electron chi connectivity index (χ3n) is 4.00. The quantitative estimate of drug-likeness (QED) is 0.871. The van der Waals surface area contributed by atoms with Gasteiger partial charge in [-0.2, -0.15) is 0 Å². The summed E-state index contributed by atoms with van der Waals surface area (Å²) in [5.74, 6) is 0.322. The number of benzene rings is 2. The summed E-state index contributed by atoms with van der Waals surface area (Å²) in [6.07, 6.45) is 4.95. The molecule has 3 rings (SSSR count). The zero-order valence-electron chi connectivity index (χ0n) is 12.6. The van der Waals surface area contributed by atoms with Crippen LogP contribution in [0.2, 0.25) is 0 Å². The summed E-state index contributed by atoms with van der Waals surface area (Å²) >= 11 is 0. The number of aromatic hydroxyl groups is 1. The Labute approximate surface area is 131 Å². The van der Waals surface area contributed by atoms with Crippen LogP contribution in [0.1, 0.15) is 30.4 Å². The minimum atomic E-state index is 0.208. The van der Waals surface area contributed by atoms with E-state index in [9.17, 15) is 5.11 Å². The third-order valence-corrected chi connectivity index (χ3v) is 4.00. The lowest BCUT2D eigenvalue weighted by molar-refractivity contribution is 0.0794. The van der Waals surface area contributed by atoms with Gasteiger partial charge in [0.1, 0.15) is 11.9 Å². The highest BCUT2D eigenvalue weighted by molar-refractivity contribution is 5.85. The van der Waals surface area contributed by atoms with Crippen LogP contribution in [0.5, 0.6) is 5.75 Å². The number of nitrogens with zero attached hydrogens (tertiary/aromatic N) is 1. The Morgan fingerprint density at radius 3 is 2.59 bits per heavy atom. The summed E-state index contributed by atoms with van der Waals surface area (Å²) in [6.45, 7) is 0. The van der Waals surface area contributed by atoms with E-state index >= 15 is 0 Å². The Morgan fingerprint density at radius 2 is 1.77 bits per heavy atom. The Morgan fingerprint density at radius 1 is 0.955 bits per heavy atom. The monoisotopic (exact) mass is 295 g/mol. The summed E-state index contributed by atoms with van der Waals surface area (Å²) in [5.41, 5.74) is 3.61. The predicted molar refractivity (Wildman–Crippen MR) is 88.1 cm³/mol. The first-order valence-electron chi connectivity index (χ1n) is 7.83. The molecule has 1 atom stereocenters. The summed E-state index contributed by atoms with van der Waals surface area (Å²) in [4.78, 5) is 5.54. The topological polar surface area (TPSA) is 41.8 Å². The first-order valence-corrected chi connectivity index (χ1v) is 7.83. The fourth-order valence-electron chi connectivity index (χ4n) is 2.76. The number of hydrogen-bond donors (Lipinski definition) is 1. The van der Waals surface area contributed by atoms with Gasteiger partial charge in [-0.25, -0.2) is 0 Å². The van der Waals surface area contributed by atoms with E-state index in [1.54, 1.807) is 6.07 Å². The third kappa shape index (κ3) is 4.10. The molecule has 0 amide bonds. The van der Waals surface area contributed by atoms with Gasteiger partial charge in [-0.05, 0) is 48.9 Å². The van der Waals surface area contributed by atoms with Crippen LogP contribution in [0.25, 0.3) is 0 Å². The molecule has 1 heterocycles. The van der Waals surface area contributed by atoms with Crippen molar-refractivity contribution in [1.82, 2.24) is 0 Å². The number of rotatable bonds is 6. The van der Waals surface area contributed by atoms with Gasteiger partial charge in [-0.3, -0.25) is 0 Å². The molecule has 1 aliphatic heterocycles. The van der Waals surface area contributed by atoms with Crippen molar-refractivity contribution < 1.29 is 9.94 Å². The van der Waals surface area contributed by atoms with Crippen LogP contribution in [0.15, 0.2) is 59.8 Å². The van der Waals surface area contributed by atoms with Crippen LogP contribution >= 0.6 is 0 Å². The van der Waals surface area contributed by atoms with Crippen molar-refractivity contribution >= 4 is 5.71 Å². The second-order valence-corrected chi connectivity index (χ2v) is 5.78. The molecule has 3 nitrogen and oxygen atoms in total. The Hall–Kier alpha value is -2.29. The van der Waals surface area contributed by atoms with Gasteiger partial charge in [0.2, 0.25) is 0 Å². The maximum absolute atomic E-state index is 9.47. The molecule has 0 radical (unpaired) electrons. The molecule has 2 aromatic carbocycles. The van der Waals surface area contributed by atoms with Crippen LogP contribution in [-0.4, -0.2) is 16.9 Å². The Bertz CT molecular complexity index is 637. The van der Waals surface area contributed by atoms with E-state index in [4.69, 9.17) is 4.84 Å². The lowest BCUT2D eigenvalue weighted by Gasteiger charge is -2.07. The van der Waals surface area contributed by atoms with E-state index in [0.717, 1.165) is 43.4 Å². The lowest BCUT2D eigenvalue weighted by Crippen LogP contribution is -2.09. The molecule has 3 heteroatoms. The Kier molecular flexibility index (Phi) is 4.74. The smallest absolute Gasteiger partial charge is 0.133 e. The maximum Gasteiger partial charge on any atom is 0.133 e. The normalized spacial score (nSPS) is 17.1. The van der Waals surface area contributed by atoms with Crippen LogP contribution in [0.3, 0.4) is 0 Å². The highest BCUT2D eigenvalue weighted by Gasteiger charge is 2.20. The fraction of sp³-hybridized carbons (Fsp3) is 0.316. The molecule has 0 saturated carbocycles. The molecule has 0 saturated heterocycles. The number of aryl methyl sites for hydroxylation is 2. The van der Waals surface area contributed by atoms with Gasteiger partial charge in [0, 0.05) is 6.42 Å². The SMILES string of the molecule is Oc1cccc(CCC2=NOC(CCc3ccccc3)C2)c1. The van der Waals surface area contributed by atoms with Crippen molar-refractivity contribution in [1.29, 1.82) is 0 Å². The molecule has 0 spiro atoms. The van der Waals surface area contributed by atoms with Gasteiger partial charge in [0.15, 0.2) is 0 Å². The largest absolute Gasteiger partial charge is 0.508 e. The molecular weight excluding hydrogens is 274 g/mol. The molecule has 2 aromatic rings. The lowest BCUT2D eigenvalue weighted by atomic mass is 10.0. The van der Waals surface area contributed by atoms with Crippen LogP contribution in [0, 0.1) is 0 Å². The maximum atomic E-state index is 9.47. The summed E-state index contributed by atoms with van der Waals surface area (Å²) < 4.78 is 0. The molecule has 0 fully saturated rings. The molecule has 0 aromatic heterocycles. The van der Waals surface area contributed by atoms with E-state index < -0.39 is 0 Å². The van der Waals surface area contributed by atoms with E-state index in [2.05, 4.69) is 29.4 Å². The fourth-order valence-corrected chi connectivity index (χ4v) is 2.76. The van der Waals surface area contributed by atoms with Gasteiger partial charge < -0.3 is 9.94 Å². The van der Waals surface area contributed by atoms with Gasteiger partial charge in [-0.1, -0.05) is 47.6 Å². The van der Waals surface area contributed by atoms with E-state index in [0.29, 0.717) is 5.75 Å². The molecule has 114 valence electrons. The van der Waals surface area contributed by atoms with Gasteiger partial charge in [0.25, 0.3) is 0 Å². The molecular formula is C19H21NO2.